The van der Waals surface area contributed by atoms with Crippen molar-refractivity contribution >= 4 is 28.5 Å². The van der Waals surface area contributed by atoms with E-state index in [9.17, 15) is 14.4 Å². The van der Waals surface area contributed by atoms with Gasteiger partial charge in [0.15, 0.2) is 5.58 Å². The first-order valence-electron chi connectivity index (χ1n) is 7.85. The van der Waals surface area contributed by atoms with Crippen LogP contribution in [0.25, 0.3) is 22.4 Å². The number of halogens is 1. The molecule has 0 saturated carbocycles. The molecule has 0 unspecified atom stereocenters. The predicted octanol–water partition coefficient (Wildman–Crippen LogP) is 2.36. The first-order valence-corrected chi connectivity index (χ1v) is 8.23. The van der Waals surface area contributed by atoms with Crippen molar-refractivity contribution in [3.63, 3.8) is 0 Å². The highest BCUT2D eigenvalue weighted by atomic mass is 35.5. The third-order valence-electron chi connectivity index (χ3n) is 3.75. The molecule has 1 aromatic carbocycles. The molecular weight excluding hydrogens is 364 g/mol. The highest BCUT2D eigenvalue weighted by Gasteiger charge is 2.17. The van der Waals surface area contributed by atoms with Crippen LogP contribution in [0.15, 0.2) is 32.2 Å². The minimum atomic E-state index is -0.792. The number of aromatic nitrogens is 2. The number of fused-ring (bicyclic) bond motifs is 2. The average Bonchev–Trinajstić information content (AvgIpc) is 2.62. The van der Waals surface area contributed by atoms with E-state index in [-0.39, 0.29) is 28.0 Å². The molecular formula is C17H15ClN2O6. The minimum absolute atomic E-state index is 0.0941. The number of nitrogens with zero attached hydrogens (tertiary/aromatic N) is 1. The van der Waals surface area contributed by atoms with Crippen LogP contribution in [-0.2, 0) is 9.53 Å². The van der Waals surface area contributed by atoms with E-state index >= 15 is 0 Å². The molecule has 0 saturated heterocycles. The summed E-state index contributed by atoms with van der Waals surface area (Å²) in [6.45, 7) is 0.360. The molecule has 9 heteroatoms. The third kappa shape index (κ3) is 3.70. The Morgan fingerprint density at radius 2 is 2.12 bits per heavy atom. The number of carbonyl (C=O) groups is 1. The van der Waals surface area contributed by atoms with Crippen LogP contribution in [0.3, 0.4) is 0 Å². The Bertz CT molecular complexity index is 1040. The second-order valence-electron chi connectivity index (χ2n) is 5.51. The molecule has 1 aromatic rings. The van der Waals surface area contributed by atoms with Crippen LogP contribution in [0, 0.1) is 0 Å². The van der Waals surface area contributed by atoms with Crippen LogP contribution in [0.1, 0.15) is 19.3 Å². The largest absolute Gasteiger partial charge is 0.492 e. The van der Waals surface area contributed by atoms with Crippen molar-refractivity contribution in [2.45, 2.75) is 19.3 Å². The molecule has 0 aliphatic carbocycles. The predicted molar refractivity (Wildman–Crippen MR) is 93.9 cm³/mol. The molecule has 2 aliphatic heterocycles. The molecule has 2 aliphatic rings. The summed E-state index contributed by atoms with van der Waals surface area (Å²) in [6.07, 6.45) is 1.60. The van der Waals surface area contributed by atoms with Gasteiger partial charge in [0.25, 0.3) is 5.56 Å². The Morgan fingerprint density at radius 3 is 2.88 bits per heavy atom. The van der Waals surface area contributed by atoms with Crippen LogP contribution in [0.2, 0.25) is 5.02 Å². The summed E-state index contributed by atoms with van der Waals surface area (Å²) < 4.78 is 15.7. The SMILES string of the molecule is COC(=O)CCCCOc1ccc2cc3c(=O)[nH]c(=O)nc-3oc2c1Cl. The van der Waals surface area contributed by atoms with Crippen LogP contribution in [0.4, 0.5) is 0 Å². The molecule has 0 amide bonds. The highest BCUT2D eigenvalue weighted by molar-refractivity contribution is 6.36. The van der Waals surface area contributed by atoms with Crippen LogP contribution in [0.5, 0.6) is 5.75 Å². The van der Waals surface area contributed by atoms with Crippen LogP contribution < -0.4 is 16.0 Å². The zero-order valence-corrected chi connectivity index (χ0v) is 14.6. The first-order chi connectivity index (χ1) is 12.5. The van der Waals surface area contributed by atoms with E-state index in [0.717, 1.165) is 0 Å². The number of rotatable bonds is 6. The second-order valence-corrected chi connectivity index (χ2v) is 5.89. The van der Waals surface area contributed by atoms with E-state index in [1.807, 2.05) is 0 Å². The summed E-state index contributed by atoms with van der Waals surface area (Å²) in [4.78, 5) is 40.0. The standard InChI is InChI=1S/C17H15ClN2O6/c1-24-12(21)4-2-3-7-25-11-6-5-9-8-10-15(22)19-17(23)20-16(10)26-14(9)13(11)18/h5-6,8H,2-4,7H2,1H3,(H,19,22,23). The van der Waals surface area contributed by atoms with Gasteiger partial charge in [-0.15, -0.1) is 0 Å². The fourth-order valence-corrected chi connectivity index (χ4v) is 2.70. The molecule has 1 N–H and O–H groups in total. The molecule has 0 atom stereocenters. The van der Waals surface area contributed by atoms with Crippen molar-refractivity contribution in [1.82, 2.24) is 9.97 Å². The number of nitrogens with one attached hydrogen (secondary N) is 1. The van der Waals surface area contributed by atoms with E-state index in [0.29, 0.717) is 37.0 Å². The fourth-order valence-electron chi connectivity index (χ4n) is 2.44. The number of unbranched alkanes of at least 4 members (excludes halogenated alkanes) is 1. The average molecular weight is 379 g/mol. The number of aromatic amines is 1. The van der Waals surface area contributed by atoms with E-state index in [1.165, 1.54) is 7.11 Å². The summed E-state index contributed by atoms with van der Waals surface area (Å²) in [7, 11) is 1.35. The molecule has 26 heavy (non-hydrogen) atoms. The van der Waals surface area contributed by atoms with Crippen molar-refractivity contribution < 1.29 is 18.7 Å². The normalized spacial score (nSPS) is 11.0. The van der Waals surface area contributed by atoms with Gasteiger partial charge < -0.3 is 13.9 Å². The molecule has 0 bridgehead atoms. The molecule has 0 aromatic heterocycles. The number of esters is 1. The third-order valence-corrected chi connectivity index (χ3v) is 4.11. The lowest BCUT2D eigenvalue weighted by molar-refractivity contribution is -0.140. The van der Waals surface area contributed by atoms with Gasteiger partial charge in [0.05, 0.1) is 13.7 Å². The number of benzene rings is 1. The second kappa shape index (κ2) is 7.57. The van der Waals surface area contributed by atoms with E-state index in [4.69, 9.17) is 20.8 Å². The lowest BCUT2D eigenvalue weighted by Gasteiger charge is -2.11. The monoisotopic (exact) mass is 378 g/mol. The van der Waals surface area contributed by atoms with Gasteiger partial charge in [-0.3, -0.25) is 14.6 Å². The molecule has 0 spiro atoms. The number of H-pyrrole nitrogens is 1. The Labute approximate surface area is 152 Å². The Kier molecular flexibility index (Phi) is 5.22. The van der Waals surface area contributed by atoms with Gasteiger partial charge in [-0.25, -0.2) is 4.79 Å². The van der Waals surface area contributed by atoms with Crippen molar-refractivity contribution in [3.05, 3.63) is 44.1 Å². The number of hydrogen-bond acceptors (Lipinski definition) is 7. The van der Waals surface area contributed by atoms with Gasteiger partial charge in [-0.2, -0.15) is 4.98 Å². The van der Waals surface area contributed by atoms with E-state index in [1.54, 1.807) is 18.2 Å². The van der Waals surface area contributed by atoms with Crippen molar-refractivity contribution in [1.29, 1.82) is 0 Å². The summed E-state index contributed by atoms with van der Waals surface area (Å²) in [5.41, 5.74) is -0.944. The summed E-state index contributed by atoms with van der Waals surface area (Å²) in [5.74, 6) is 0.0375. The fraction of sp³-hybridized carbons (Fsp3) is 0.294. The summed E-state index contributed by atoms with van der Waals surface area (Å²) in [6, 6.07) is 4.90. The molecule has 3 rings (SSSR count). The van der Waals surface area contributed by atoms with Gasteiger partial charge in [-0.05, 0) is 31.0 Å². The van der Waals surface area contributed by atoms with Crippen LogP contribution >= 0.6 is 11.6 Å². The molecule has 2 heterocycles. The van der Waals surface area contributed by atoms with Gasteiger partial charge >= 0.3 is 11.7 Å². The highest BCUT2D eigenvalue weighted by Crippen LogP contribution is 2.35. The lowest BCUT2D eigenvalue weighted by Crippen LogP contribution is -2.24. The van der Waals surface area contributed by atoms with Crippen molar-refractivity contribution in [2.24, 2.45) is 0 Å². The smallest absolute Gasteiger partial charge is 0.351 e. The lowest BCUT2D eigenvalue weighted by atomic mass is 10.1. The quantitative estimate of drug-likeness (QED) is 0.398. The maximum Gasteiger partial charge on any atom is 0.351 e. The first kappa shape index (κ1) is 17.9. The Hall–Kier alpha value is -2.87. The van der Waals surface area contributed by atoms with E-state index < -0.39 is 11.2 Å². The zero-order valence-electron chi connectivity index (χ0n) is 13.8. The Balaban J connectivity index is 1.83. The van der Waals surface area contributed by atoms with Crippen molar-refractivity contribution in [2.75, 3.05) is 13.7 Å². The van der Waals surface area contributed by atoms with Gasteiger partial charge in [0.1, 0.15) is 16.3 Å². The van der Waals surface area contributed by atoms with Crippen LogP contribution in [-0.4, -0.2) is 29.7 Å². The zero-order chi connectivity index (χ0) is 18.7. The maximum atomic E-state index is 11.8. The number of carbonyl (C=O) groups excluding carboxylic acids is 1. The summed E-state index contributed by atoms with van der Waals surface area (Å²) in [5, 5.41) is 0.790. The van der Waals surface area contributed by atoms with Gasteiger partial charge in [0.2, 0.25) is 5.89 Å². The summed E-state index contributed by atoms with van der Waals surface area (Å²) >= 11 is 6.32. The molecule has 8 nitrogen and oxygen atoms in total. The number of ether oxygens (including phenoxy) is 2. The number of hydrogen-bond donors (Lipinski definition) is 1. The molecule has 136 valence electrons. The van der Waals surface area contributed by atoms with Gasteiger partial charge in [0, 0.05) is 11.8 Å². The molecule has 0 fully saturated rings. The van der Waals surface area contributed by atoms with Gasteiger partial charge in [-0.1, -0.05) is 11.6 Å². The number of methoxy groups -OCH3 is 1. The van der Waals surface area contributed by atoms with E-state index in [2.05, 4.69) is 14.7 Å². The minimum Gasteiger partial charge on any atom is -0.492 e. The Morgan fingerprint density at radius 1 is 1.31 bits per heavy atom. The topological polar surface area (TPSA) is 111 Å². The molecule has 0 radical (unpaired) electrons. The maximum absolute atomic E-state index is 11.8. The van der Waals surface area contributed by atoms with Crippen molar-refractivity contribution in [3.8, 4) is 17.2 Å².